The number of hydrogen-bond acceptors (Lipinski definition) is 6. The number of hydrogen-bond donors (Lipinski definition) is 3. The van der Waals surface area contributed by atoms with Crippen LogP contribution < -0.4 is 15.4 Å². The lowest BCUT2D eigenvalue weighted by Crippen LogP contribution is -2.12. The summed E-state index contributed by atoms with van der Waals surface area (Å²) in [5.41, 5.74) is 2.90. The van der Waals surface area contributed by atoms with E-state index >= 15 is 0 Å². The van der Waals surface area contributed by atoms with Crippen molar-refractivity contribution in [3.8, 4) is 11.5 Å². The molecule has 2 aromatic carbocycles. The summed E-state index contributed by atoms with van der Waals surface area (Å²) in [5, 5.41) is 16.4. The number of aromatic nitrogens is 1. The number of carbonyl (C=O) groups is 1. The van der Waals surface area contributed by atoms with Gasteiger partial charge in [-0.15, -0.1) is 0 Å². The Morgan fingerprint density at radius 1 is 1.19 bits per heavy atom. The second-order valence-corrected chi connectivity index (χ2v) is 6.74. The van der Waals surface area contributed by atoms with Gasteiger partial charge < -0.3 is 20.5 Å². The molecule has 134 valence electrons. The highest BCUT2D eigenvalue weighted by molar-refractivity contribution is 7.17. The summed E-state index contributed by atoms with van der Waals surface area (Å²) in [6, 6.07) is 10.9. The number of amides is 1. The monoisotopic (exact) mass is 369 g/mol. The Morgan fingerprint density at radius 3 is 2.73 bits per heavy atom. The van der Waals surface area contributed by atoms with Crippen LogP contribution in [0.5, 0.6) is 11.5 Å². The van der Waals surface area contributed by atoms with Crippen LogP contribution in [0.3, 0.4) is 0 Å². The minimum atomic E-state index is -0.271. The Morgan fingerprint density at radius 2 is 1.96 bits per heavy atom. The van der Waals surface area contributed by atoms with E-state index in [9.17, 15) is 9.90 Å². The Balaban J connectivity index is 1.78. The van der Waals surface area contributed by atoms with Crippen LogP contribution in [0.2, 0.25) is 0 Å². The number of para-hydroxylation sites is 2. The number of anilines is 3. The molecular formula is C19H19N3O3S. The number of methoxy groups -OCH3 is 1. The molecular weight excluding hydrogens is 350 g/mol. The van der Waals surface area contributed by atoms with Gasteiger partial charge in [0.25, 0.3) is 5.91 Å². The third kappa shape index (κ3) is 3.62. The van der Waals surface area contributed by atoms with Gasteiger partial charge in [-0.25, -0.2) is 4.98 Å². The molecule has 1 heterocycles. The summed E-state index contributed by atoms with van der Waals surface area (Å²) in [5.74, 6) is 0.570. The zero-order chi connectivity index (χ0) is 18.7. The molecule has 26 heavy (non-hydrogen) atoms. The minimum absolute atomic E-state index is 0.147. The van der Waals surface area contributed by atoms with Gasteiger partial charge in [-0.05, 0) is 37.6 Å². The van der Waals surface area contributed by atoms with Crippen molar-refractivity contribution in [3.05, 3.63) is 58.6 Å². The fourth-order valence-corrected chi connectivity index (χ4v) is 3.23. The van der Waals surface area contributed by atoms with Crippen LogP contribution in [-0.2, 0) is 0 Å². The van der Waals surface area contributed by atoms with Crippen LogP contribution in [0.25, 0.3) is 0 Å². The van der Waals surface area contributed by atoms with E-state index in [0.717, 1.165) is 11.3 Å². The van der Waals surface area contributed by atoms with Crippen LogP contribution in [0.15, 0.2) is 42.6 Å². The summed E-state index contributed by atoms with van der Waals surface area (Å²) in [4.78, 5) is 17.3. The molecule has 0 atom stereocenters. The van der Waals surface area contributed by atoms with E-state index < -0.39 is 0 Å². The Bertz CT molecular complexity index is 953. The Labute approximate surface area is 155 Å². The number of phenols is 1. The van der Waals surface area contributed by atoms with Gasteiger partial charge in [-0.3, -0.25) is 4.79 Å². The van der Waals surface area contributed by atoms with E-state index in [-0.39, 0.29) is 11.7 Å². The Hall–Kier alpha value is -3.06. The number of nitrogens with zero attached hydrogens (tertiary/aromatic N) is 1. The number of carbonyl (C=O) groups excluding carboxylic acids is 1. The fourth-order valence-electron chi connectivity index (χ4n) is 2.50. The number of aromatic hydroxyl groups is 1. The van der Waals surface area contributed by atoms with Crippen LogP contribution >= 0.6 is 11.3 Å². The minimum Gasteiger partial charge on any atom is -0.508 e. The van der Waals surface area contributed by atoms with Gasteiger partial charge in [0, 0.05) is 5.56 Å². The largest absolute Gasteiger partial charge is 0.508 e. The molecule has 0 fully saturated rings. The molecule has 0 radical (unpaired) electrons. The average molecular weight is 369 g/mol. The lowest BCUT2D eigenvalue weighted by Gasteiger charge is -2.12. The van der Waals surface area contributed by atoms with Gasteiger partial charge in [0.15, 0.2) is 5.13 Å². The van der Waals surface area contributed by atoms with Gasteiger partial charge in [0.2, 0.25) is 0 Å². The van der Waals surface area contributed by atoms with E-state index in [1.54, 1.807) is 26.2 Å². The van der Waals surface area contributed by atoms with Crippen molar-refractivity contribution >= 4 is 33.8 Å². The quantitative estimate of drug-likeness (QED) is 0.618. The van der Waals surface area contributed by atoms with Gasteiger partial charge >= 0.3 is 0 Å². The molecule has 3 rings (SSSR count). The zero-order valence-corrected chi connectivity index (χ0v) is 15.5. The second-order valence-electron chi connectivity index (χ2n) is 5.71. The number of phenolic OH excluding ortho intramolecular Hbond substituents is 1. The van der Waals surface area contributed by atoms with Crippen LogP contribution in [0.4, 0.5) is 16.5 Å². The maximum absolute atomic E-state index is 12.5. The zero-order valence-electron chi connectivity index (χ0n) is 14.7. The van der Waals surface area contributed by atoms with E-state index in [1.165, 1.54) is 17.5 Å². The summed E-state index contributed by atoms with van der Waals surface area (Å²) < 4.78 is 5.30. The maximum Gasteiger partial charge on any atom is 0.267 e. The standard InChI is InChI=1S/C19H19N3O3S/c1-11-8-9-14(23)12(2)17(11)22-18(24)16-10-20-19(26-16)21-13-6-4-5-7-15(13)25-3/h4-10,23H,1-3H3,(H,20,21)(H,22,24). The second kappa shape index (κ2) is 7.45. The summed E-state index contributed by atoms with van der Waals surface area (Å²) in [7, 11) is 1.60. The molecule has 0 aliphatic rings. The molecule has 3 N–H and O–H groups in total. The molecule has 0 aliphatic heterocycles. The SMILES string of the molecule is COc1ccccc1Nc1ncc(C(=O)Nc2c(C)ccc(O)c2C)s1. The maximum atomic E-state index is 12.5. The Kier molecular flexibility index (Phi) is 5.09. The first-order valence-electron chi connectivity index (χ1n) is 7.96. The normalized spacial score (nSPS) is 10.4. The third-order valence-electron chi connectivity index (χ3n) is 3.96. The fraction of sp³-hybridized carbons (Fsp3) is 0.158. The molecule has 6 nitrogen and oxygen atoms in total. The molecule has 0 saturated carbocycles. The molecule has 1 amide bonds. The topological polar surface area (TPSA) is 83.5 Å². The van der Waals surface area contributed by atoms with E-state index in [0.29, 0.717) is 27.0 Å². The predicted molar refractivity (Wildman–Crippen MR) is 104 cm³/mol. The molecule has 7 heteroatoms. The predicted octanol–water partition coefficient (Wildman–Crippen LogP) is 4.47. The van der Waals surface area contributed by atoms with Gasteiger partial charge in [0.1, 0.15) is 16.4 Å². The van der Waals surface area contributed by atoms with E-state index in [4.69, 9.17) is 4.74 Å². The van der Waals surface area contributed by atoms with Gasteiger partial charge in [-0.2, -0.15) is 0 Å². The number of rotatable bonds is 5. The van der Waals surface area contributed by atoms with Crippen molar-refractivity contribution in [1.82, 2.24) is 4.98 Å². The van der Waals surface area contributed by atoms with Gasteiger partial charge in [-0.1, -0.05) is 29.5 Å². The lowest BCUT2D eigenvalue weighted by atomic mass is 10.1. The number of benzene rings is 2. The first kappa shape index (κ1) is 17.8. The first-order chi connectivity index (χ1) is 12.5. The van der Waals surface area contributed by atoms with Crippen LogP contribution in [0.1, 0.15) is 20.8 Å². The summed E-state index contributed by atoms with van der Waals surface area (Å²) in [6.45, 7) is 3.64. The van der Waals surface area contributed by atoms with Crippen molar-refractivity contribution in [3.63, 3.8) is 0 Å². The van der Waals surface area contributed by atoms with Gasteiger partial charge in [0.05, 0.1) is 24.7 Å². The van der Waals surface area contributed by atoms with E-state index in [2.05, 4.69) is 15.6 Å². The lowest BCUT2D eigenvalue weighted by molar-refractivity contribution is 0.103. The number of aryl methyl sites for hydroxylation is 1. The molecule has 0 aliphatic carbocycles. The highest BCUT2D eigenvalue weighted by atomic mass is 32.1. The number of nitrogens with one attached hydrogen (secondary N) is 2. The van der Waals surface area contributed by atoms with Crippen molar-refractivity contribution < 1.29 is 14.6 Å². The molecule has 1 aromatic heterocycles. The summed E-state index contributed by atoms with van der Waals surface area (Å²) >= 11 is 1.24. The average Bonchev–Trinajstić information content (AvgIpc) is 3.11. The highest BCUT2D eigenvalue weighted by Crippen LogP contribution is 2.31. The van der Waals surface area contributed by atoms with Crippen LogP contribution in [-0.4, -0.2) is 23.1 Å². The van der Waals surface area contributed by atoms with Crippen molar-refractivity contribution in [1.29, 1.82) is 0 Å². The summed E-state index contributed by atoms with van der Waals surface area (Å²) in [6.07, 6.45) is 1.52. The van der Waals surface area contributed by atoms with Crippen molar-refractivity contribution in [2.75, 3.05) is 17.7 Å². The number of ether oxygens (including phenoxy) is 1. The van der Waals surface area contributed by atoms with Crippen molar-refractivity contribution in [2.24, 2.45) is 0 Å². The molecule has 0 spiro atoms. The van der Waals surface area contributed by atoms with Crippen LogP contribution in [0, 0.1) is 13.8 Å². The van der Waals surface area contributed by atoms with E-state index in [1.807, 2.05) is 31.2 Å². The number of thiazole rings is 1. The van der Waals surface area contributed by atoms with Crippen molar-refractivity contribution in [2.45, 2.75) is 13.8 Å². The highest BCUT2D eigenvalue weighted by Gasteiger charge is 2.15. The molecule has 0 unspecified atom stereocenters. The smallest absolute Gasteiger partial charge is 0.267 e. The molecule has 0 saturated heterocycles. The molecule has 0 bridgehead atoms. The first-order valence-corrected chi connectivity index (χ1v) is 8.77. The third-order valence-corrected chi connectivity index (χ3v) is 4.87. The molecule has 3 aromatic rings.